The van der Waals surface area contributed by atoms with Gasteiger partial charge in [-0.1, -0.05) is 42.0 Å². The van der Waals surface area contributed by atoms with E-state index < -0.39 is 22.9 Å². The van der Waals surface area contributed by atoms with Crippen LogP contribution in [-0.2, 0) is 28.9 Å². The van der Waals surface area contributed by atoms with E-state index >= 15 is 0 Å². The zero-order chi connectivity index (χ0) is 22.0. The number of rotatable bonds is 8. The van der Waals surface area contributed by atoms with Crippen molar-refractivity contribution in [3.8, 4) is 0 Å². The Hall–Kier alpha value is -2.09. The number of carbonyl (C=O) groups excluding carboxylic acids is 1. The second-order valence-electron chi connectivity index (χ2n) is 6.76. The van der Waals surface area contributed by atoms with Crippen molar-refractivity contribution in [1.82, 2.24) is 4.72 Å². The Morgan fingerprint density at radius 2 is 1.60 bits per heavy atom. The van der Waals surface area contributed by atoms with Crippen LogP contribution in [0.25, 0.3) is 0 Å². The molecule has 3 rings (SSSR count). The maximum Gasteiger partial charge on any atom is 0.360 e. The number of allylic oxidation sites excluding steroid dienone is 1. The minimum atomic E-state index is -4.16. The monoisotopic (exact) mass is 449 g/mol. The Kier molecular flexibility index (Phi) is 6.45. The molecule has 0 spiro atoms. The third-order valence-electron chi connectivity index (χ3n) is 4.73. The summed E-state index contributed by atoms with van der Waals surface area (Å²) >= 11 is 0. The van der Waals surface area contributed by atoms with Crippen molar-refractivity contribution in [1.29, 1.82) is 0 Å². The Bertz CT molecular complexity index is 1120. The maximum atomic E-state index is 14.0. The van der Waals surface area contributed by atoms with E-state index in [-0.39, 0.29) is 35.0 Å². The molecule has 30 heavy (non-hydrogen) atoms. The highest BCUT2D eigenvalue weighted by Crippen LogP contribution is 2.65. The minimum absolute atomic E-state index is 0.00481. The van der Waals surface area contributed by atoms with E-state index in [4.69, 9.17) is 9.05 Å². The Morgan fingerprint density at radius 3 is 2.20 bits per heavy atom. The van der Waals surface area contributed by atoms with Gasteiger partial charge in [-0.05, 0) is 45.1 Å². The predicted octanol–water partition coefficient (Wildman–Crippen LogP) is 4.14. The molecule has 1 aliphatic rings. The number of carbonyl (C=O) groups is 1. The summed E-state index contributed by atoms with van der Waals surface area (Å²) in [5, 5.41) is -1.90. The van der Waals surface area contributed by atoms with Crippen molar-refractivity contribution < 1.29 is 26.8 Å². The van der Waals surface area contributed by atoms with Crippen molar-refractivity contribution in [3.63, 3.8) is 0 Å². The first-order valence-corrected chi connectivity index (χ1v) is 12.5. The van der Waals surface area contributed by atoms with E-state index in [0.717, 1.165) is 5.56 Å². The fraction of sp³-hybridized carbons (Fsp3) is 0.286. The molecule has 1 unspecified atom stereocenters. The summed E-state index contributed by atoms with van der Waals surface area (Å²) in [4.78, 5) is 12.4. The molecule has 9 heteroatoms. The average molecular weight is 449 g/mol. The largest absolute Gasteiger partial charge is 0.360 e. The van der Waals surface area contributed by atoms with Crippen LogP contribution in [0.1, 0.15) is 35.3 Å². The molecule has 1 N–H and O–H groups in total. The van der Waals surface area contributed by atoms with Gasteiger partial charge >= 0.3 is 7.60 Å². The van der Waals surface area contributed by atoms with Gasteiger partial charge in [-0.25, -0.2) is 8.42 Å². The molecule has 0 fully saturated rings. The first kappa shape index (κ1) is 22.6. The minimum Gasteiger partial charge on any atom is -0.307 e. The molecule has 0 bridgehead atoms. The summed E-state index contributed by atoms with van der Waals surface area (Å²) in [5.74, 6) is -0.324. The van der Waals surface area contributed by atoms with Crippen molar-refractivity contribution in [2.45, 2.75) is 30.9 Å². The molecule has 7 nitrogen and oxygen atoms in total. The summed E-state index contributed by atoms with van der Waals surface area (Å²) in [7, 11) is -8.30. The number of hydrogen-bond donors (Lipinski definition) is 1. The summed E-state index contributed by atoms with van der Waals surface area (Å²) in [5.41, 5.74) is 1.34. The average Bonchev–Trinajstić information content (AvgIpc) is 2.71. The van der Waals surface area contributed by atoms with E-state index in [1.165, 1.54) is 24.3 Å². The van der Waals surface area contributed by atoms with Crippen LogP contribution in [0, 0.1) is 6.92 Å². The Labute approximate surface area is 176 Å². The maximum absolute atomic E-state index is 14.0. The van der Waals surface area contributed by atoms with Gasteiger partial charge in [-0.2, -0.15) is 4.72 Å². The highest BCUT2D eigenvalue weighted by Gasteiger charge is 2.55. The summed E-state index contributed by atoms with van der Waals surface area (Å²) in [6, 6.07) is 12.7. The molecule has 0 aliphatic heterocycles. The van der Waals surface area contributed by atoms with Gasteiger partial charge in [-0.15, -0.1) is 0 Å². The lowest BCUT2D eigenvalue weighted by molar-refractivity contribution is 0.104. The van der Waals surface area contributed by atoms with Crippen molar-refractivity contribution in [2.24, 2.45) is 0 Å². The quantitative estimate of drug-likeness (QED) is 0.608. The van der Waals surface area contributed by atoms with Crippen LogP contribution in [-0.4, -0.2) is 27.4 Å². The SMILES string of the molecule is CCOP(=O)(OCC)C1(NS(=O)(=O)c2ccc(C)cc2)C=CC(=O)c2ccccc21. The Balaban J connectivity index is 2.26. The van der Waals surface area contributed by atoms with Crippen LogP contribution < -0.4 is 4.72 Å². The molecular formula is C21H24NO6PS. The molecule has 1 atom stereocenters. The zero-order valence-electron chi connectivity index (χ0n) is 17.0. The summed E-state index contributed by atoms with van der Waals surface area (Å²) < 4.78 is 54.2. The van der Waals surface area contributed by atoms with Crippen molar-refractivity contribution in [3.05, 3.63) is 77.4 Å². The van der Waals surface area contributed by atoms with E-state index in [0.29, 0.717) is 0 Å². The molecular weight excluding hydrogens is 425 g/mol. The number of aryl methyl sites for hydroxylation is 1. The summed E-state index contributed by atoms with van der Waals surface area (Å²) in [6.07, 6.45) is 2.47. The lowest BCUT2D eigenvalue weighted by Gasteiger charge is -2.39. The highest BCUT2D eigenvalue weighted by molar-refractivity contribution is 7.90. The number of fused-ring (bicyclic) bond motifs is 1. The van der Waals surface area contributed by atoms with Crippen LogP contribution in [0.2, 0.25) is 0 Å². The van der Waals surface area contributed by atoms with Crippen LogP contribution in [0.5, 0.6) is 0 Å². The van der Waals surface area contributed by atoms with Crippen molar-refractivity contribution >= 4 is 23.4 Å². The van der Waals surface area contributed by atoms with Crippen molar-refractivity contribution in [2.75, 3.05) is 13.2 Å². The van der Waals surface area contributed by atoms with Gasteiger partial charge in [0.2, 0.25) is 10.0 Å². The van der Waals surface area contributed by atoms with E-state index in [2.05, 4.69) is 4.72 Å². The fourth-order valence-corrected chi connectivity index (χ4v) is 7.27. The van der Waals surface area contributed by atoms with Crippen LogP contribution in [0.4, 0.5) is 0 Å². The van der Waals surface area contributed by atoms with E-state index in [1.54, 1.807) is 50.2 Å². The predicted molar refractivity (Wildman–Crippen MR) is 114 cm³/mol. The van der Waals surface area contributed by atoms with Gasteiger partial charge in [0.15, 0.2) is 11.1 Å². The number of nitrogens with one attached hydrogen (secondary N) is 1. The number of hydrogen-bond acceptors (Lipinski definition) is 6. The molecule has 0 saturated heterocycles. The topological polar surface area (TPSA) is 98.8 Å². The van der Waals surface area contributed by atoms with Gasteiger partial charge in [0, 0.05) is 11.1 Å². The number of sulfonamides is 1. The molecule has 2 aromatic carbocycles. The number of benzene rings is 2. The summed E-state index contributed by atoms with van der Waals surface area (Å²) in [6.45, 7) is 5.16. The lowest BCUT2D eigenvalue weighted by atomic mass is 9.92. The zero-order valence-corrected chi connectivity index (χ0v) is 18.7. The van der Waals surface area contributed by atoms with Gasteiger partial charge in [0.1, 0.15) is 0 Å². The van der Waals surface area contributed by atoms with Gasteiger partial charge in [0.25, 0.3) is 0 Å². The molecule has 1 aliphatic carbocycles. The normalized spacial score (nSPS) is 19.0. The second-order valence-corrected chi connectivity index (χ2v) is 10.7. The molecule has 160 valence electrons. The smallest absolute Gasteiger partial charge is 0.307 e. The molecule has 2 aromatic rings. The highest BCUT2D eigenvalue weighted by atomic mass is 32.2. The first-order valence-electron chi connectivity index (χ1n) is 9.52. The third kappa shape index (κ3) is 3.94. The third-order valence-corrected chi connectivity index (χ3v) is 8.93. The van der Waals surface area contributed by atoms with E-state index in [1.807, 2.05) is 6.92 Å². The van der Waals surface area contributed by atoms with Gasteiger partial charge < -0.3 is 9.05 Å². The molecule has 0 heterocycles. The lowest BCUT2D eigenvalue weighted by Crippen LogP contribution is -2.47. The molecule has 0 aromatic heterocycles. The van der Waals surface area contributed by atoms with Crippen LogP contribution in [0.3, 0.4) is 0 Å². The second kappa shape index (κ2) is 8.57. The fourth-order valence-electron chi connectivity index (χ4n) is 3.35. The van der Waals surface area contributed by atoms with Crippen LogP contribution in [0.15, 0.2) is 65.6 Å². The van der Waals surface area contributed by atoms with Crippen LogP contribution >= 0.6 is 7.60 Å². The number of ketones is 1. The first-order chi connectivity index (χ1) is 14.2. The molecule has 0 amide bonds. The van der Waals surface area contributed by atoms with Gasteiger partial charge in [0.05, 0.1) is 18.1 Å². The standard InChI is InChI=1S/C21H24NO6PS/c1-4-27-29(24,28-5-2)21(15-14-20(23)18-8-6-7-9-19(18)21)22-30(25,26)17-12-10-16(3)11-13-17/h6-15,22H,4-5H2,1-3H3. The van der Waals surface area contributed by atoms with E-state index in [9.17, 15) is 17.8 Å². The van der Waals surface area contributed by atoms with Gasteiger partial charge in [-0.3, -0.25) is 9.36 Å². The Morgan fingerprint density at radius 1 is 1.00 bits per heavy atom. The molecule has 0 saturated carbocycles. The molecule has 0 radical (unpaired) electrons.